The number of rotatable bonds is 6. The van der Waals surface area contributed by atoms with E-state index in [4.69, 9.17) is 4.42 Å². The van der Waals surface area contributed by atoms with E-state index in [1.165, 1.54) is 24.5 Å². The number of benzene rings is 1. The Morgan fingerprint density at radius 2 is 2.05 bits per heavy atom. The highest BCUT2D eigenvalue weighted by Crippen LogP contribution is 2.12. The van der Waals surface area contributed by atoms with Crippen LogP contribution in [-0.2, 0) is 11.2 Å². The lowest BCUT2D eigenvalue weighted by molar-refractivity contribution is -0.111. The molecule has 0 radical (unpaired) electrons. The second kappa shape index (κ2) is 7.34. The fourth-order valence-corrected chi connectivity index (χ4v) is 1.86. The number of hydrogen-bond donors (Lipinski definition) is 1. The van der Waals surface area contributed by atoms with Crippen molar-refractivity contribution in [1.82, 2.24) is 0 Å². The molecule has 104 valence electrons. The van der Waals surface area contributed by atoms with Gasteiger partial charge in [0.05, 0.1) is 6.26 Å². The van der Waals surface area contributed by atoms with Crippen molar-refractivity contribution in [1.29, 1.82) is 0 Å². The zero-order valence-electron chi connectivity index (χ0n) is 11.6. The first-order chi connectivity index (χ1) is 9.78. The Hall–Kier alpha value is -2.29. The topological polar surface area (TPSA) is 42.2 Å². The number of carbonyl (C=O) groups is 1. The molecule has 0 aliphatic heterocycles. The molecule has 2 aromatic rings. The molecular weight excluding hydrogens is 250 g/mol. The molecule has 0 fully saturated rings. The van der Waals surface area contributed by atoms with Crippen LogP contribution >= 0.6 is 0 Å². The maximum absolute atomic E-state index is 11.7. The second-order valence-corrected chi connectivity index (χ2v) is 4.64. The monoisotopic (exact) mass is 269 g/mol. The van der Waals surface area contributed by atoms with Crippen LogP contribution in [0.4, 0.5) is 5.69 Å². The van der Waals surface area contributed by atoms with Crippen LogP contribution in [0.2, 0.25) is 0 Å². The van der Waals surface area contributed by atoms with E-state index >= 15 is 0 Å². The Morgan fingerprint density at radius 3 is 2.70 bits per heavy atom. The predicted molar refractivity (Wildman–Crippen MR) is 81.4 cm³/mol. The third-order valence-corrected chi connectivity index (χ3v) is 2.98. The summed E-state index contributed by atoms with van der Waals surface area (Å²) in [5.74, 6) is 0.498. The van der Waals surface area contributed by atoms with Crippen molar-refractivity contribution in [2.45, 2.75) is 26.2 Å². The molecule has 1 amide bonds. The molecule has 2 rings (SSSR count). The number of furan rings is 1. The van der Waals surface area contributed by atoms with Gasteiger partial charge in [-0.3, -0.25) is 4.79 Å². The number of amides is 1. The highest BCUT2D eigenvalue weighted by Gasteiger charge is 1.99. The summed E-state index contributed by atoms with van der Waals surface area (Å²) in [5, 5.41) is 2.82. The van der Waals surface area contributed by atoms with Gasteiger partial charge in [-0.25, -0.2) is 0 Å². The van der Waals surface area contributed by atoms with Crippen molar-refractivity contribution >= 4 is 17.7 Å². The maximum atomic E-state index is 11.7. The number of nitrogens with one attached hydrogen (secondary N) is 1. The lowest BCUT2D eigenvalue weighted by Crippen LogP contribution is -2.07. The highest BCUT2D eigenvalue weighted by atomic mass is 16.3. The van der Waals surface area contributed by atoms with Crippen LogP contribution < -0.4 is 5.32 Å². The average Bonchev–Trinajstić information content (AvgIpc) is 2.98. The summed E-state index contributed by atoms with van der Waals surface area (Å²) in [6.45, 7) is 2.18. The van der Waals surface area contributed by atoms with Crippen molar-refractivity contribution in [2.24, 2.45) is 0 Å². The van der Waals surface area contributed by atoms with Gasteiger partial charge in [0.1, 0.15) is 5.76 Å². The summed E-state index contributed by atoms with van der Waals surface area (Å²) in [6.07, 6.45) is 8.15. The third-order valence-electron chi connectivity index (χ3n) is 2.98. The molecule has 0 aliphatic carbocycles. The van der Waals surface area contributed by atoms with Gasteiger partial charge in [0.2, 0.25) is 5.91 Å². The first kappa shape index (κ1) is 14.1. The van der Waals surface area contributed by atoms with E-state index in [9.17, 15) is 4.79 Å². The van der Waals surface area contributed by atoms with Crippen molar-refractivity contribution in [3.8, 4) is 0 Å². The lowest BCUT2D eigenvalue weighted by atomic mass is 10.1. The lowest BCUT2D eigenvalue weighted by Gasteiger charge is -2.04. The normalized spacial score (nSPS) is 10.8. The molecule has 0 aliphatic rings. The van der Waals surface area contributed by atoms with E-state index in [2.05, 4.69) is 24.4 Å². The van der Waals surface area contributed by atoms with E-state index in [1.54, 1.807) is 24.5 Å². The second-order valence-electron chi connectivity index (χ2n) is 4.64. The van der Waals surface area contributed by atoms with E-state index in [-0.39, 0.29) is 5.91 Å². The number of anilines is 1. The largest absolute Gasteiger partial charge is 0.465 e. The minimum atomic E-state index is -0.164. The fraction of sp³-hybridized carbons (Fsp3) is 0.235. The molecule has 1 aromatic heterocycles. The van der Waals surface area contributed by atoms with Crippen molar-refractivity contribution in [3.63, 3.8) is 0 Å². The minimum Gasteiger partial charge on any atom is -0.465 e. The van der Waals surface area contributed by atoms with Gasteiger partial charge in [0, 0.05) is 11.8 Å². The third kappa shape index (κ3) is 4.43. The van der Waals surface area contributed by atoms with Gasteiger partial charge in [0.15, 0.2) is 0 Å². The molecular formula is C17H19NO2. The van der Waals surface area contributed by atoms with Crippen LogP contribution in [0.1, 0.15) is 31.1 Å². The molecule has 20 heavy (non-hydrogen) atoms. The van der Waals surface area contributed by atoms with Crippen molar-refractivity contribution in [3.05, 3.63) is 60.1 Å². The highest BCUT2D eigenvalue weighted by molar-refractivity contribution is 6.01. The van der Waals surface area contributed by atoms with E-state index in [0.717, 1.165) is 12.1 Å². The van der Waals surface area contributed by atoms with Crippen LogP contribution in [0.25, 0.3) is 6.08 Å². The van der Waals surface area contributed by atoms with Crippen molar-refractivity contribution in [2.75, 3.05) is 5.32 Å². The molecule has 0 unspecified atom stereocenters. The Morgan fingerprint density at radius 1 is 1.25 bits per heavy atom. The molecule has 1 heterocycles. The van der Waals surface area contributed by atoms with Gasteiger partial charge in [-0.05, 0) is 48.7 Å². The number of carbonyl (C=O) groups excluding carboxylic acids is 1. The van der Waals surface area contributed by atoms with Gasteiger partial charge in [-0.1, -0.05) is 25.5 Å². The quantitative estimate of drug-likeness (QED) is 0.795. The standard InChI is InChI=1S/C17H19NO2/c1-2-3-5-14-7-9-15(10-8-14)18-17(19)12-11-16-6-4-13-20-16/h4,6-13H,2-3,5H2,1H3,(H,18,19)/b12-11+. The minimum absolute atomic E-state index is 0.164. The Balaban J connectivity index is 1.87. The van der Waals surface area contributed by atoms with E-state index in [0.29, 0.717) is 5.76 Å². The maximum Gasteiger partial charge on any atom is 0.248 e. The summed E-state index contributed by atoms with van der Waals surface area (Å²) < 4.78 is 5.12. The Kier molecular flexibility index (Phi) is 5.18. The molecule has 0 bridgehead atoms. The van der Waals surface area contributed by atoms with Crippen molar-refractivity contribution < 1.29 is 9.21 Å². The van der Waals surface area contributed by atoms with Crippen LogP contribution in [-0.4, -0.2) is 5.91 Å². The Labute approximate surface area is 119 Å². The molecule has 0 saturated carbocycles. The Bertz CT molecular complexity index is 553. The molecule has 3 heteroatoms. The van der Waals surface area contributed by atoms with Gasteiger partial charge in [-0.2, -0.15) is 0 Å². The smallest absolute Gasteiger partial charge is 0.248 e. The zero-order chi connectivity index (χ0) is 14.2. The fourth-order valence-electron chi connectivity index (χ4n) is 1.86. The van der Waals surface area contributed by atoms with Crippen LogP contribution in [0.3, 0.4) is 0 Å². The summed E-state index contributed by atoms with van der Waals surface area (Å²) in [4.78, 5) is 11.7. The van der Waals surface area contributed by atoms with Gasteiger partial charge in [0.25, 0.3) is 0 Å². The van der Waals surface area contributed by atoms with Crippen LogP contribution in [0.15, 0.2) is 53.2 Å². The molecule has 0 atom stereocenters. The molecule has 1 N–H and O–H groups in total. The first-order valence-electron chi connectivity index (χ1n) is 6.89. The van der Waals surface area contributed by atoms with E-state index in [1.807, 2.05) is 12.1 Å². The SMILES string of the molecule is CCCCc1ccc(NC(=O)/C=C/c2ccco2)cc1. The van der Waals surface area contributed by atoms with E-state index < -0.39 is 0 Å². The van der Waals surface area contributed by atoms with Gasteiger partial charge in [-0.15, -0.1) is 0 Å². The summed E-state index contributed by atoms with van der Waals surface area (Å²) in [6, 6.07) is 11.6. The zero-order valence-corrected chi connectivity index (χ0v) is 11.6. The summed E-state index contributed by atoms with van der Waals surface area (Å²) in [5.41, 5.74) is 2.11. The van der Waals surface area contributed by atoms with Crippen LogP contribution in [0, 0.1) is 0 Å². The summed E-state index contributed by atoms with van der Waals surface area (Å²) in [7, 11) is 0. The van der Waals surface area contributed by atoms with Gasteiger partial charge < -0.3 is 9.73 Å². The number of aryl methyl sites for hydroxylation is 1. The average molecular weight is 269 g/mol. The molecule has 1 aromatic carbocycles. The first-order valence-corrected chi connectivity index (χ1v) is 6.89. The number of unbranched alkanes of at least 4 members (excludes halogenated alkanes) is 1. The molecule has 0 saturated heterocycles. The predicted octanol–water partition coefficient (Wildman–Crippen LogP) is 4.27. The number of hydrogen-bond acceptors (Lipinski definition) is 2. The molecule has 3 nitrogen and oxygen atoms in total. The summed E-state index contributed by atoms with van der Waals surface area (Å²) >= 11 is 0. The molecule has 0 spiro atoms. The van der Waals surface area contributed by atoms with Gasteiger partial charge >= 0.3 is 0 Å². The van der Waals surface area contributed by atoms with Crippen LogP contribution in [0.5, 0.6) is 0 Å².